The van der Waals surface area contributed by atoms with Gasteiger partial charge in [-0.3, -0.25) is 9.59 Å². The molecule has 2 bridgehead atoms. The van der Waals surface area contributed by atoms with Gasteiger partial charge in [-0.15, -0.1) is 23.7 Å². The van der Waals surface area contributed by atoms with Gasteiger partial charge in [0.25, 0.3) is 5.91 Å². The molecule has 5 nitrogen and oxygen atoms in total. The molecule has 110 valence electrons. The summed E-state index contributed by atoms with van der Waals surface area (Å²) in [7, 11) is 0. The van der Waals surface area contributed by atoms with E-state index >= 15 is 0 Å². The van der Waals surface area contributed by atoms with Crippen LogP contribution in [0.4, 0.5) is 0 Å². The third-order valence-electron chi connectivity index (χ3n) is 3.91. The number of nitrogens with two attached hydrogens (primary N) is 1. The van der Waals surface area contributed by atoms with Crippen LogP contribution in [0.5, 0.6) is 0 Å². The van der Waals surface area contributed by atoms with Crippen LogP contribution in [0.1, 0.15) is 39.3 Å². The first-order valence-electron chi connectivity index (χ1n) is 6.57. The van der Waals surface area contributed by atoms with Gasteiger partial charge in [-0.05, 0) is 25.3 Å². The Morgan fingerprint density at radius 2 is 2.05 bits per heavy atom. The maximum absolute atomic E-state index is 12.4. The molecule has 7 heteroatoms. The molecule has 2 saturated heterocycles. The van der Waals surface area contributed by atoms with E-state index in [2.05, 4.69) is 5.32 Å². The van der Waals surface area contributed by atoms with E-state index in [9.17, 15) is 9.59 Å². The van der Waals surface area contributed by atoms with Crippen molar-refractivity contribution in [2.24, 2.45) is 5.73 Å². The van der Waals surface area contributed by atoms with E-state index in [-0.39, 0.29) is 18.3 Å². The molecule has 2 unspecified atom stereocenters. The van der Waals surface area contributed by atoms with Gasteiger partial charge in [-0.1, -0.05) is 0 Å². The van der Waals surface area contributed by atoms with Gasteiger partial charge >= 0.3 is 0 Å². The number of fused-ring (bicyclic) bond motifs is 2. The Hall–Kier alpha value is -1.11. The Labute approximate surface area is 127 Å². The first kappa shape index (κ1) is 15.3. The number of primary amides is 1. The number of halogens is 1. The van der Waals surface area contributed by atoms with Gasteiger partial charge < -0.3 is 16.0 Å². The van der Waals surface area contributed by atoms with Gasteiger partial charge in [0.15, 0.2) is 0 Å². The fraction of sp³-hybridized carbons (Fsp3) is 0.538. The van der Waals surface area contributed by atoms with Crippen LogP contribution in [0.2, 0.25) is 0 Å². The van der Waals surface area contributed by atoms with Crippen LogP contribution in [0.15, 0.2) is 11.4 Å². The number of rotatable bonds is 2. The number of amides is 2. The number of nitrogens with zero attached hydrogens (tertiary/aromatic N) is 1. The Morgan fingerprint density at radius 3 is 2.75 bits per heavy atom. The molecule has 3 heterocycles. The molecular weight excluding hydrogens is 298 g/mol. The average Bonchev–Trinajstić information content (AvgIpc) is 2.95. The predicted octanol–water partition coefficient (Wildman–Crippen LogP) is 1.24. The molecule has 3 N–H and O–H groups in total. The summed E-state index contributed by atoms with van der Waals surface area (Å²) in [5.41, 5.74) is 5.63. The SMILES string of the molecule is Cl.NC(=O)c1csc(C(=O)N2CCC3CCC(C2)N3)c1. The Kier molecular flexibility index (Phi) is 4.67. The molecule has 0 aromatic carbocycles. The first-order chi connectivity index (χ1) is 9.13. The van der Waals surface area contributed by atoms with Crippen molar-refractivity contribution < 1.29 is 9.59 Å². The minimum Gasteiger partial charge on any atom is -0.366 e. The van der Waals surface area contributed by atoms with Gasteiger partial charge in [-0.2, -0.15) is 0 Å². The predicted molar refractivity (Wildman–Crippen MR) is 80.6 cm³/mol. The quantitative estimate of drug-likeness (QED) is 0.862. The second-order valence-corrected chi connectivity index (χ2v) is 6.15. The molecule has 0 saturated carbocycles. The Balaban J connectivity index is 0.00000147. The maximum Gasteiger partial charge on any atom is 0.263 e. The summed E-state index contributed by atoms with van der Waals surface area (Å²) in [5, 5.41) is 5.20. The molecule has 3 rings (SSSR count). The highest BCUT2D eigenvalue weighted by atomic mass is 35.5. The van der Waals surface area contributed by atoms with E-state index in [4.69, 9.17) is 5.73 Å². The molecule has 2 atom stereocenters. The van der Waals surface area contributed by atoms with Crippen molar-refractivity contribution in [3.05, 3.63) is 21.9 Å². The smallest absolute Gasteiger partial charge is 0.263 e. The van der Waals surface area contributed by atoms with E-state index < -0.39 is 5.91 Å². The molecule has 20 heavy (non-hydrogen) atoms. The molecule has 2 aliphatic heterocycles. The molecular formula is C13H18ClN3O2S. The summed E-state index contributed by atoms with van der Waals surface area (Å²) in [6.07, 6.45) is 3.37. The number of hydrogen-bond acceptors (Lipinski definition) is 4. The maximum atomic E-state index is 12.4. The van der Waals surface area contributed by atoms with E-state index in [1.807, 2.05) is 4.90 Å². The lowest BCUT2D eigenvalue weighted by atomic mass is 10.1. The van der Waals surface area contributed by atoms with Crippen LogP contribution in [0.25, 0.3) is 0 Å². The second kappa shape index (κ2) is 6.11. The topological polar surface area (TPSA) is 75.4 Å². The zero-order valence-electron chi connectivity index (χ0n) is 11.0. The highest BCUT2D eigenvalue weighted by Gasteiger charge is 2.31. The Morgan fingerprint density at radius 1 is 1.30 bits per heavy atom. The molecule has 1 aromatic rings. The van der Waals surface area contributed by atoms with Gasteiger partial charge in [0, 0.05) is 30.6 Å². The normalized spacial score (nSPS) is 24.9. The number of likely N-dealkylation sites (tertiary alicyclic amines) is 1. The van der Waals surface area contributed by atoms with E-state index in [1.54, 1.807) is 11.4 Å². The third kappa shape index (κ3) is 2.97. The molecule has 2 aliphatic rings. The largest absolute Gasteiger partial charge is 0.366 e. The zero-order valence-corrected chi connectivity index (χ0v) is 12.6. The van der Waals surface area contributed by atoms with Crippen LogP contribution in [0, 0.1) is 0 Å². The summed E-state index contributed by atoms with van der Waals surface area (Å²) >= 11 is 1.29. The second-order valence-electron chi connectivity index (χ2n) is 5.24. The van der Waals surface area contributed by atoms with Crippen LogP contribution >= 0.6 is 23.7 Å². The summed E-state index contributed by atoms with van der Waals surface area (Å²) in [6.45, 7) is 1.55. The number of nitrogens with one attached hydrogen (secondary N) is 1. The summed E-state index contributed by atoms with van der Waals surface area (Å²) < 4.78 is 0. The van der Waals surface area contributed by atoms with E-state index in [0.29, 0.717) is 22.5 Å². The third-order valence-corrected chi connectivity index (χ3v) is 4.82. The summed E-state index contributed by atoms with van der Waals surface area (Å²) in [6, 6.07) is 2.59. The van der Waals surface area contributed by atoms with Crippen molar-refractivity contribution in [3.63, 3.8) is 0 Å². The van der Waals surface area contributed by atoms with Crippen molar-refractivity contribution >= 4 is 35.6 Å². The van der Waals surface area contributed by atoms with Gasteiger partial charge in [0.2, 0.25) is 5.91 Å². The van der Waals surface area contributed by atoms with Crippen molar-refractivity contribution in [1.82, 2.24) is 10.2 Å². The number of carbonyl (C=O) groups is 2. The van der Waals surface area contributed by atoms with E-state index in [0.717, 1.165) is 25.9 Å². The monoisotopic (exact) mass is 315 g/mol. The lowest BCUT2D eigenvalue weighted by Gasteiger charge is -2.23. The molecule has 0 aliphatic carbocycles. The van der Waals surface area contributed by atoms with Gasteiger partial charge in [-0.25, -0.2) is 0 Å². The van der Waals surface area contributed by atoms with E-state index in [1.165, 1.54) is 17.8 Å². The van der Waals surface area contributed by atoms with Crippen molar-refractivity contribution in [2.75, 3.05) is 13.1 Å². The van der Waals surface area contributed by atoms with Crippen LogP contribution in [0.3, 0.4) is 0 Å². The first-order valence-corrected chi connectivity index (χ1v) is 7.45. The summed E-state index contributed by atoms with van der Waals surface area (Å²) in [4.78, 5) is 26.0. The fourth-order valence-electron chi connectivity index (χ4n) is 2.86. The Bertz CT molecular complexity index is 519. The standard InChI is InChI=1S/C13H17N3O2S.ClH/c14-12(17)8-5-11(19-7-8)13(18)16-4-3-9-1-2-10(6-16)15-9;/h5,7,9-10,15H,1-4,6H2,(H2,14,17);1H. The molecule has 1 aromatic heterocycles. The van der Waals surface area contributed by atoms with Crippen molar-refractivity contribution in [1.29, 1.82) is 0 Å². The van der Waals surface area contributed by atoms with Crippen LogP contribution in [-0.4, -0.2) is 41.9 Å². The minimum absolute atomic E-state index is 0. The van der Waals surface area contributed by atoms with Crippen LogP contribution in [-0.2, 0) is 0 Å². The van der Waals surface area contributed by atoms with Gasteiger partial charge in [0.1, 0.15) is 0 Å². The fourth-order valence-corrected chi connectivity index (χ4v) is 3.72. The highest BCUT2D eigenvalue weighted by molar-refractivity contribution is 7.12. The number of carbonyl (C=O) groups excluding carboxylic acids is 2. The molecule has 2 amide bonds. The minimum atomic E-state index is -0.480. The summed E-state index contributed by atoms with van der Waals surface area (Å²) in [5.74, 6) is -0.460. The average molecular weight is 316 g/mol. The van der Waals surface area contributed by atoms with Gasteiger partial charge in [0.05, 0.1) is 10.4 Å². The highest BCUT2D eigenvalue weighted by Crippen LogP contribution is 2.23. The molecule has 0 spiro atoms. The van der Waals surface area contributed by atoms with Crippen molar-refractivity contribution in [2.45, 2.75) is 31.3 Å². The lowest BCUT2D eigenvalue weighted by molar-refractivity contribution is 0.0753. The number of hydrogen-bond donors (Lipinski definition) is 2. The molecule has 0 radical (unpaired) electrons. The lowest BCUT2D eigenvalue weighted by Crippen LogP contribution is -2.38. The number of thiophene rings is 1. The molecule has 2 fully saturated rings. The zero-order chi connectivity index (χ0) is 13.4. The van der Waals surface area contributed by atoms with Crippen molar-refractivity contribution in [3.8, 4) is 0 Å². The van der Waals surface area contributed by atoms with Crippen LogP contribution < -0.4 is 11.1 Å².